The zero-order chi connectivity index (χ0) is 12.5. The van der Waals surface area contributed by atoms with Crippen molar-refractivity contribution in [2.75, 3.05) is 25.2 Å². The summed E-state index contributed by atoms with van der Waals surface area (Å²) >= 11 is 0. The lowest BCUT2D eigenvalue weighted by atomic mass is 10.1. The SMILES string of the molecule is CCS(=O)CCNCc1ccc(COC)cc1. The third-order valence-corrected chi connectivity index (χ3v) is 3.80. The summed E-state index contributed by atoms with van der Waals surface area (Å²) < 4.78 is 16.3. The molecular formula is C13H21NO2S. The van der Waals surface area contributed by atoms with Crippen molar-refractivity contribution in [1.82, 2.24) is 5.32 Å². The highest BCUT2D eigenvalue weighted by molar-refractivity contribution is 7.84. The van der Waals surface area contributed by atoms with Crippen LogP contribution in [0.4, 0.5) is 0 Å². The van der Waals surface area contributed by atoms with E-state index in [-0.39, 0.29) is 0 Å². The van der Waals surface area contributed by atoms with Gasteiger partial charge in [0.25, 0.3) is 0 Å². The Labute approximate surface area is 106 Å². The van der Waals surface area contributed by atoms with Crippen LogP contribution in [0.1, 0.15) is 18.1 Å². The van der Waals surface area contributed by atoms with Crippen LogP contribution in [0.3, 0.4) is 0 Å². The summed E-state index contributed by atoms with van der Waals surface area (Å²) in [7, 11) is 1.03. The minimum absolute atomic E-state index is 0.656. The first kappa shape index (κ1) is 14.4. The number of ether oxygens (including phenoxy) is 1. The second-order valence-corrected chi connectivity index (χ2v) is 5.72. The Kier molecular flexibility index (Phi) is 7.08. The smallest absolute Gasteiger partial charge is 0.0713 e. The van der Waals surface area contributed by atoms with E-state index >= 15 is 0 Å². The monoisotopic (exact) mass is 255 g/mol. The molecule has 0 aliphatic rings. The van der Waals surface area contributed by atoms with Gasteiger partial charge in [-0.3, -0.25) is 4.21 Å². The predicted octanol–water partition coefficient (Wildman–Crippen LogP) is 1.69. The Balaban J connectivity index is 2.25. The maximum Gasteiger partial charge on any atom is 0.0713 e. The van der Waals surface area contributed by atoms with Crippen molar-refractivity contribution in [2.45, 2.75) is 20.1 Å². The Morgan fingerprint density at radius 2 is 1.88 bits per heavy atom. The van der Waals surface area contributed by atoms with Gasteiger partial charge in [-0.25, -0.2) is 0 Å². The second-order valence-electron chi connectivity index (χ2n) is 3.86. The summed E-state index contributed by atoms with van der Waals surface area (Å²) in [5.41, 5.74) is 2.43. The number of nitrogens with one attached hydrogen (secondary N) is 1. The number of hydrogen-bond acceptors (Lipinski definition) is 3. The highest BCUT2D eigenvalue weighted by Gasteiger charge is 1.97. The molecular weight excluding hydrogens is 234 g/mol. The molecule has 0 radical (unpaired) electrons. The van der Waals surface area contributed by atoms with Crippen molar-refractivity contribution in [3.63, 3.8) is 0 Å². The van der Waals surface area contributed by atoms with Crippen molar-refractivity contribution < 1.29 is 8.95 Å². The van der Waals surface area contributed by atoms with Crippen LogP contribution in [-0.4, -0.2) is 29.4 Å². The van der Waals surface area contributed by atoms with Gasteiger partial charge < -0.3 is 10.1 Å². The van der Waals surface area contributed by atoms with Crippen LogP contribution < -0.4 is 5.32 Å². The average Bonchev–Trinajstić information content (AvgIpc) is 2.36. The molecule has 1 rings (SSSR count). The summed E-state index contributed by atoms with van der Waals surface area (Å²) in [5.74, 6) is 1.48. The van der Waals surface area contributed by atoms with E-state index in [0.717, 1.165) is 24.6 Å². The van der Waals surface area contributed by atoms with Gasteiger partial charge in [-0.2, -0.15) is 0 Å². The molecule has 0 saturated heterocycles. The Bertz CT molecular complexity index is 338. The maximum atomic E-state index is 11.2. The average molecular weight is 255 g/mol. The van der Waals surface area contributed by atoms with Crippen molar-refractivity contribution in [3.8, 4) is 0 Å². The molecule has 1 N–H and O–H groups in total. The molecule has 0 fully saturated rings. The van der Waals surface area contributed by atoms with Crippen LogP contribution in [0.2, 0.25) is 0 Å². The van der Waals surface area contributed by atoms with E-state index in [1.54, 1.807) is 7.11 Å². The molecule has 1 atom stereocenters. The molecule has 0 spiro atoms. The first-order valence-corrected chi connectivity index (χ1v) is 7.37. The topological polar surface area (TPSA) is 38.3 Å². The highest BCUT2D eigenvalue weighted by Crippen LogP contribution is 2.05. The largest absolute Gasteiger partial charge is 0.380 e. The van der Waals surface area contributed by atoms with Crippen LogP contribution in [0.25, 0.3) is 0 Å². The van der Waals surface area contributed by atoms with Crippen molar-refractivity contribution in [1.29, 1.82) is 0 Å². The van der Waals surface area contributed by atoms with Gasteiger partial charge in [-0.15, -0.1) is 0 Å². The Hall–Kier alpha value is -0.710. The van der Waals surface area contributed by atoms with E-state index in [1.165, 1.54) is 11.1 Å². The molecule has 4 heteroatoms. The molecule has 0 aromatic heterocycles. The molecule has 0 heterocycles. The summed E-state index contributed by atoms with van der Waals surface area (Å²) in [4.78, 5) is 0. The molecule has 1 aromatic rings. The normalized spacial score (nSPS) is 12.6. The fraction of sp³-hybridized carbons (Fsp3) is 0.538. The first-order valence-electron chi connectivity index (χ1n) is 5.88. The molecule has 0 saturated carbocycles. The fourth-order valence-corrected chi connectivity index (χ4v) is 2.14. The van der Waals surface area contributed by atoms with Crippen LogP contribution >= 0.6 is 0 Å². The third kappa shape index (κ3) is 5.96. The predicted molar refractivity (Wildman–Crippen MR) is 72.4 cm³/mol. The molecule has 17 heavy (non-hydrogen) atoms. The summed E-state index contributed by atoms with van der Waals surface area (Å²) in [6.07, 6.45) is 0. The molecule has 0 aliphatic carbocycles. The van der Waals surface area contributed by atoms with Crippen molar-refractivity contribution in [3.05, 3.63) is 35.4 Å². The standard InChI is InChI=1S/C13H21NO2S/c1-3-17(15)9-8-14-10-12-4-6-13(7-5-12)11-16-2/h4-7,14H,3,8-11H2,1-2H3. The van der Waals surface area contributed by atoms with E-state index in [9.17, 15) is 4.21 Å². The molecule has 0 aliphatic heterocycles. The number of methoxy groups -OCH3 is 1. The fourth-order valence-electron chi connectivity index (χ4n) is 1.48. The Morgan fingerprint density at radius 1 is 1.24 bits per heavy atom. The van der Waals surface area contributed by atoms with Crippen LogP contribution in [0, 0.1) is 0 Å². The quantitative estimate of drug-likeness (QED) is 0.718. The van der Waals surface area contributed by atoms with Gasteiger partial charge in [0.15, 0.2) is 0 Å². The van der Waals surface area contributed by atoms with Crippen LogP contribution in [-0.2, 0) is 28.7 Å². The third-order valence-electron chi connectivity index (χ3n) is 2.49. The number of rotatable bonds is 8. The van der Waals surface area contributed by atoms with Crippen molar-refractivity contribution >= 4 is 10.8 Å². The lowest BCUT2D eigenvalue weighted by Gasteiger charge is -2.05. The number of benzene rings is 1. The maximum absolute atomic E-state index is 11.2. The zero-order valence-corrected chi connectivity index (χ0v) is 11.4. The van der Waals surface area contributed by atoms with Gasteiger partial charge in [-0.05, 0) is 11.1 Å². The van der Waals surface area contributed by atoms with E-state index in [4.69, 9.17) is 4.74 Å². The van der Waals surface area contributed by atoms with Crippen molar-refractivity contribution in [2.24, 2.45) is 0 Å². The molecule has 0 bridgehead atoms. The van der Waals surface area contributed by atoms with Crippen LogP contribution in [0.15, 0.2) is 24.3 Å². The van der Waals surface area contributed by atoms with E-state index in [2.05, 4.69) is 29.6 Å². The van der Waals surface area contributed by atoms with Gasteiger partial charge in [-0.1, -0.05) is 31.2 Å². The Morgan fingerprint density at radius 3 is 2.47 bits per heavy atom. The van der Waals surface area contributed by atoms with Crippen LogP contribution in [0.5, 0.6) is 0 Å². The zero-order valence-electron chi connectivity index (χ0n) is 10.6. The molecule has 1 aromatic carbocycles. The van der Waals surface area contributed by atoms with Gasteiger partial charge in [0, 0.05) is 42.5 Å². The van der Waals surface area contributed by atoms with Gasteiger partial charge in [0.2, 0.25) is 0 Å². The summed E-state index contributed by atoms with van der Waals surface area (Å²) in [6.45, 7) is 4.24. The van der Waals surface area contributed by atoms with E-state index in [0.29, 0.717) is 6.61 Å². The molecule has 96 valence electrons. The van der Waals surface area contributed by atoms with E-state index in [1.807, 2.05) is 6.92 Å². The summed E-state index contributed by atoms with van der Waals surface area (Å²) in [6, 6.07) is 8.34. The van der Waals surface area contributed by atoms with Gasteiger partial charge in [0.1, 0.15) is 0 Å². The van der Waals surface area contributed by atoms with Gasteiger partial charge in [0.05, 0.1) is 6.61 Å². The first-order chi connectivity index (χ1) is 8.26. The molecule has 0 amide bonds. The number of hydrogen-bond donors (Lipinski definition) is 1. The van der Waals surface area contributed by atoms with Gasteiger partial charge >= 0.3 is 0 Å². The summed E-state index contributed by atoms with van der Waals surface area (Å²) in [5, 5.41) is 3.29. The second kappa shape index (κ2) is 8.39. The molecule has 1 unspecified atom stereocenters. The molecule has 3 nitrogen and oxygen atoms in total. The lowest BCUT2D eigenvalue weighted by molar-refractivity contribution is 0.185. The van der Waals surface area contributed by atoms with E-state index < -0.39 is 10.8 Å². The highest BCUT2D eigenvalue weighted by atomic mass is 32.2. The lowest BCUT2D eigenvalue weighted by Crippen LogP contribution is -2.20. The minimum Gasteiger partial charge on any atom is -0.380 e. The minimum atomic E-state index is -0.670.